The summed E-state index contributed by atoms with van der Waals surface area (Å²) in [7, 11) is -2.27. The van der Waals surface area contributed by atoms with E-state index in [4.69, 9.17) is 4.43 Å². The molecular weight excluding hydrogens is 447 g/mol. The second-order valence-electron chi connectivity index (χ2n) is 6.58. The van der Waals surface area contributed by atoms with Gasteiger partial charge in [-0.1, -0.05) is 92.6 Å². The van der Waals surface area contributed by atoms with E-state index in [-0.39, 0.29) is 0 Å². The smallest absolute Gasteiger partial charge is 0.256 e. The summed E-state index contributed by atoms with van der Waals surface area (Å²) in [5.41, 5.74) is 1.25. The summed E-state index contributed by atoms with van der Waals surface area (Å²) in [6.07, 6.45) is 2.36. The first-order valence-corrected chi connectivity index (χ1v) is 12.4. The molecule has 0 saturated carbocycles. The molecule has 0 aliphatic heterocycles. The van der Waals surface area contributed by atoms with Crippen molar-refractivity contribution in [1.82, 2.24) is 0 Å². The number of rotatable bonds is 8. The van der Waals surface area contributed by atoms with Gasteiger partial charge >= 0.3 is 0 Å². The van der Waals surface area contributed by atoms with E-state index in [0.717, 1.165) is 6.04 Å². The Labute approximate surface area is 171 Å². The minimum Gasteiger partial charge on any atom is -0.404 e. The largest absolute Gasteiger partial charge is 0.404 e. The van der Waals surface area contributed by atoms with Crippen LogP contribution in [0, 0.1) is 3.57 Å². The molecule has 0 aliphatic carbocycles. The second-order valence-corrected chi connectivity index (χ2v) is 11.4. The highest BCUT2D eigenvalue weighted by Crippen LogP contribution is 2.20. The topological polar surface area (TPSA) is 9.23 Å². The Hall–Kier alpha value is -1.43. The maximum atomic E-state index is 6.88. The third-order valence-electron chi connectivity index (χ3n) is 4.74. The van der Waals surface area contributed by atoms with Crippen LogP contribution in [0.2, 0.25) is 6.04 Å². The molecule has 134 valence electrons. The molecule has 0 aliphatic rings. The molecule has 3 aromatic rings. The van der Waals surface area contributed by atoms with Crippen LogP contribution in [0.5, 0.6) is 0 Å². The molecular formula is C23H25IOSi. The van der Waals surface area contributed by atoms with E-state index in [1.165, 1.54) is 32.3 Å². The van der Waals surface area contributed by atoms with Gasteiger partial charge < -0.3 is 4.43 Å². The molecule has 0 atom stereocenters. The zero-order valence-corrected chi connectivity index (χ0v) is 18.4. The van der Waals surface area contributed by atoms with Gasteiger partial charge in [0.15, 0.2) is 0 Å². The van der Waals surface area contributed by atoms with Crippen molar-refractivity contribution in [3.05, 3.63) is 94.1 Å². The molecule has 0 amide bonds. The zero-order chi connectivity index (χ0) is 18.2. The van der Waals surface area contributed by atoms with Crippen LogP contribution in [0.25, 0.3) is 0 Å². The molecule has 0 heterocycles. The summed E-state index contributed by atoms with van der Waals surface area (Å²) in [4.78, 5) is 0. The monoisotopic (exact) mass is 472 g/mol. The van der Waals surface area contributed by atoms with Crippen molar-refractivity contribution in [2.75, 3.05) is 0 Å². The summed E-state index contributed by atoms with van der Waals surface area (Å²) >= 11 is 2.37. The Morgan fingerprint density at radius 1 is 0.808 bits per heavy atom. The molecule has 0 fully saturated rings. The highest BCUT2D eigenvalue weighted by atomic mass is 127. The lowest BCUT2D eigenvalue weighted by Crippen LogP contribution is -2.60. The van der Waals surface area contributed by atoms with E-state index in [1.807, 2.05) is 0 Å². The van der Waals surface area contributed by atoms with Gasteiger partial charge in [0, 0.05) is 3.57 Å². The van der Waals surface area contributed by atoms with E-state index >= 15 is 0 Å². The average molecular weight is 472 g/mol. The molecule has 26 heavy (non-hydrogen) atoms. The SMILES string of the molecule is CCCC[Si](OCc1cccc(I)c1)(c1ccccc1)c1ccccc1. The molecule has 0 radical (unpaired) electrons. The quantitative estimate of drug-likeness (QED) is 0.317. The van der Waals surface area contributed by atoms with Crippen molar-refractivity contribution >= 4 is 41.3 Å². The van der Waals surface area contributed by atoms with E-state index in [0.29, 0.717) is 6.61 Å². The van der Waals surface area contributed by atoms with Gasteiger partial charge in [-0.05, 0) is 56.7 Å². The Bertz CT molecular complexity index is 765. The minimum absolute atomic E-state index is 0.663. The molecule has 0 saturated heterocycles. The van der Waals surface area contributed by atoms with Crippen LogP contribution in [-0.2, 0) is 11.0 Å². The van der Waals surface area contributed by atoms with Crippen molar-refractivity contribution in [2.24, 2.45) is 0 Å². The van der Waals surface area contributed by atoms with Gasteiger partial charge in [-0.25, -0.2) is 0 Å². The fourth-order valence-corrected chi connectivity index (χ4v) is 8.09. The van der Waals surface area contributed by atoms with Gasteiger partial charge in [0.1, 0.15) is 0 Å². The van der Waals surface area contributed by atoms with Gasteiger partial charge in [-0.15, -0.1) is 0 Å². The Balaban J connectivity index is 2.01. The maximum Gasteiger partial charge on any atom is 0.256 e. The van der Waals surface area contributed by atoms with Gasteiger partial charge in [0.05, 0.1) is 6.61 Å². The molecule has 3 aromatic carbocycles. The molecule has 0 spiro atoms. The average Bonchev–Trinajstić information content (AvgIpc) is 2.70. The van der Waals surface area contributed by atoms with Gasteiger partial charge in [0.2, 0.25) is 0 Å². The third kappa shape index (κ3) is 4.64. The van der Waals surface area contributed by atoms with Gasteiger partial charge in [-0.3, -0.25) is 0 Å². The molecule has 0 bridgehead atoms. The van der Waals surface area contributed by atoms with Crippen LogP contribution in [0.4, 0.5) is 0 Å². The van der Waals surface area contributed by atoms with Crippen LogP contribution in [0.3, 0.4) is 0 Å². The highest BCUT2D eigenvalue weighted by molar-refractivity contribution is 14.1. The second kappa shape index (κ2) is 9.49. The lowest BCUT2D eigenvalue weighted by molar-refractivity contribution is 0.302. The molecule has 1 nitrogen and oxygen atoms in total. The summed E-state index contributed by atoms with van der Waals surface area (Å²) in [5, 5.41) is 2.73. The molecule has 3 heteroatoms. The first-order chi connectivity index (χ1) is 12.7. The summed E-state index contributed by atoms with van der Waals surface area (Å²) in [5.74, 6) is 0. The summed E-state index contributed by atoms with van der Waals surface area (Å²) in [6.45, 7) is 2.92. The van der Waals surface area contributed by atoms with Crippen molar-refractivity contribution in [3.8, 4) is 0 Å². The Morgan fingerprint density at radius 2 is 1.42 bits per heavy atom. The van der Waals surface area contributed by atoms with Gasteiger partial charge in [0.25, 0.3) is 8.32 Å². The van der Waals surface area contributed by atoms with E-state index in [2.05, 4.69) is 114 Å². The molecule has 0 N–H and O–H groups in total. The predicted octanol–water partition coefficient (Wildman–Crippen LogP) is 5.37. The van der Waals surface area contributed by atoms with Crippen molar-refractivity contribution in [3.63, 3.8) is 0 Å². The normalized spacial score (nSPS) is 11.5. The number of halogens is 1. The first kappa shape index (κ1) is 19.3. The van der Waals surface area contributed by atoms with Crippen LogP contribution in [0.15, 0.2) is 84.9 Å². The number of hydrogen-bond donors (Lipinski definition) is 0. The first-order valence-electron chi connectivity index (χ1n) is 9.24. The van der Waals surface area contributed by atoms with E-state index < -0.39 is 8.32 Å². The fourth-order valence-electron chi connectivity index (χ4n) is 3.37. The van der Waals surface area contributed by atoms with E-state index in [1.54, 1.807) is 0 Å². The van der Waals surface area contributed by atoms with Crippen molar-refractivity contribution in [1.29, 1.82) is 0 Å². The van der Waals surface area contributed by atoms with Crippen molar-refractivity contribution in [2.45, 2.75) is 32.4 Å². The molecule has 3 rings (SSSR count). The van der Waals surface area contributed by atoms with E-state index in [9.17, 15) is 0 Å². The van der Waals surface area contributed by atoms with Crippen LogP contribution < -0.4 is 10.4 Å². The molecule has 0 aromatic heterocycles. The van der Waals surface area contributed by atoms with Crippen LogP contribution >= 0.6 is 22.6 Å². The van der Waals surface area contributed by atoms with Crippen LogP contribution in [0.1, 0.15) is 25.3 Å². The number of benzene rings is 3. The zero-order valence-electron chi connectivity index (χ0n) is 15.2. The van der Waals surface area contributed by atoms with Gasteiger partial charge in [-0.2, -0.15) is 0 Å². The Morgan fingerprint density at radius 3 is 1.96 bits per heavy atom. The fraction of sp³-hybridized carbons (Fsp3) is 0.217. The van der Waals surface area contributed by atoms with Crippen LogP contribution in [-0.4, -0.2) is 8.32 Å². The highest BCUT2D eigenvalue weighted by Gasteiger charge is 2.38. The lowest BCUT2D eigenvalue weighted by atomic mass is 10.2. The lowest BCUT2D eigenvalue weighted by Gasteiger charge is -2.33. The number of unbranched alkanes of at least 4 members (excludes halogenated alkanes) is 1. The number of hydrogen-bond acceptors (Lipinski definition) is 1. The molecule has 0 unspecified atom stereocenters. The van der Waals surface area contributed by atoms with Crippen molar-refractivity contribution < 1.29 is 4.43 Å². The predicted molar refractivity (Wildman–Crippen MR) is 122 cm³/mol. The summed E-state index contributed by atoms with van der Waals surface area (Å²) in [6, 6.07) is 31.5. The standard InChI is InChI=1S/C23H25IOSi/c1-2-3-17-26(22-13-6-4-7-14-22,23-15-8-5-9-16-23)25-19-20-11-10-12-21(24)18-20/h4-16,18H,2-3,17,19H2,1H3. The minimum atomic E-state index is -2.27. The third-order valence-corrected chi connectivity index (χ3v) is 9.63. The Kier molecular flexibility index (Phi) is 7.05. The summed E-state index contributed by atoms with van der Waals surface area (Å²) < 4.78 is 8.13. The maximum absolute atomic E-state index is 6.88.